The van der Waals surface area contributed by atoms with Crippen molar-refractivity contribution in [3.05, 3.63) is 41.3 Å². The monoisotopic (exact) mass is 315 g/mol. The van der Waals surface area contributed by atoms with Crippen LogP contribution < -0.4 is 9.47 Å². The summed E-state index contributed by atoms with van der Waals surface area (Å²) in [6.07, 6.45) is 0. The molecule has 2 aromatic heterocycles. The fourth-order valence-corrected chi connectivity index (χ4v) is 2.99. The normalized spacial score (nSPS) is 10.6. The molecule has 0 amide bonds. The van der Waals surface area contributed by atoms with E-state index in [1.807, 2.05) is 17.5 Å². The number of hydrogen-bond acceptors (Lipinski definition) is 5. The highest BCUT2D eigenvalue weighted by atomic mass is 32.1. The molecule has 1 aromatic carbocycles. The molecule has 3 rings (SSSR count). The van der Waals surface area contributed by atoms with Crippen molar-refractivity contribution in [2.24, 2.45) is 0 Å². The third-order valence-corrected chi connectivity index (χ3v) is 4.18. The first-order chi connectivity index (χ1) is 10.6. The van der Waals surface area contributed by atoms with E-state index >= 15 is 0 Å². The molecule has 22 heavy (non-hydrogen) atoms. The van der Waals surface area contributed by atoms with E-state index in [1.54, 1.807) is 25.3 Å². The summed E-state index contributed by atoms with van der Waals surface area (Å²) in [7, 11) is 3.09. The summed E-state index contributed by atoms with van der Waals surface area (Å²) in [5, 5.41) is 12.0. The second kappa shape index (κ2) is 5.65. The lowest BCUT2D eigenvalue weighted by atomic mass is 10.1. The molecule has 0 spiro atoms. The molecule has 0 unspecified atom stereocenters. The number of carboxylic acids is 1. The molecule has 0 saturated heterocycles. The van der Waals surface area contributed by atoms with Crippen LogP contribution in [0.1, 0.15) is 10.4 Å². The minimum Gasteiger partial charge on any atom is -0.493 e. The molecule has 5 nitrogen and oxygen atoms in total. The van der Waals surface area contributed by atoms with Gasteiger partial charge in [0.15, 0.2) is 11.5 Å². The molecule has 0 saturated carbocycles. The zero-order valence-corrected chi connectivity index (χ0v) is 12.8. The van der Waals surface area contributed by atoms with Gasteiger partial charge in [0.2, 0.25) is 0 Å². The second-order valence-electron chi connectivity index (χ2n) is 4.57. The van der Waals surface area contributed by atoms with Crippen molar-refractivity contribution in [2.45, 2.75) is 0 Å². The van der Waals surface area contributed by atoms with Gasteiger partial charge in [-0.3, -0.25) is 0 Å². The molecule has 2 heterocycles. The van der Waals surface area contributed by atoms with Crippen LogP contribution in [0.15, 0.2) is 35.7 Å². The Hall–Kier alpha value is -2.60. The number of thiophene rings is 1. The minimum absolute atomic E-state index is 0.169. The van der Waals surface area contributed by atoms with Gasteiger partial charge in [0.25, 0.3) is 0 Å². The number of rotatable bonds is 4. The maximum Gasteiger partial charge on any atom is 0.337 e. The predicted molar refractivity (Wildman–Crippen MR) is 85.1 cm³/mol. The summed E-state index contributed by atoms with van der Waals surface area (Å²) in [5.74, 6) is 0.0901. The summed E-state index contributed by atoms with van der Waals surface area (Å²) in [4.78, 5) is 16.9. The Labute approximate surface area is 130 Å². The Morgan fingerprint density at radius 2 is 1.91 bits per heavy atom. The van der Waals surface area contributed by atoms with Crippen LogP contribution in [0.25, 0.3) is 21.5 Å². The molecule has 0 aliphatic heterocycles. The number of aromatic nitrogens is 1. The SMILES string of the molecule is COc1cc2cc(C(=O)O)c(-c3cccs3)nc2cc1OC. The molecule has 0 atom stereocenters. The number of ether oxygens (including phenoxy) is 2. The van der Waals surface area contributed by atoms with E-state index in [2.05, 4.69) is 4.98 Å². The standard InChI is InChI=1S/C16H13NO4S/c1-20-12-7-9-6-10(16(18)19)15(14-4-3-5-22-14)17-11(9)8-13(12)21-2/h3-8H,1-2H3,(H,18,19). The number of hydrogen-bond donors (Lipinski definition) is 1. The fraction of sp³-hybridized carbons (Fsp3) is 0.125. The topological polar surface area (TPSA) is 68.7 Å². The molecule has 1 N–H and O–H groups in total. The zero-order chi connectivity index (χ0) is 15.7. The van der Waals surface area contributed by atoms with Gasteiger partial charge in [0, 0.05) is 11.5 Å². The average Bonchev–Trinajstić information content (AvgIpc) is 3.06. The van der Waals surface area contributed by atoms with Crippen molar-refractivity contribution in [2.75, 3.05) is 14.2 Å². The van der Waals surface area contributed by atoms with Crippen molar-refractivity contribution in [1.82, 2.24) is 4.98 Å². The predicted octanol–water partition coefficient (Wildman–Crippen LogP) is 3.68. The molecule has 0 aliphatic carbocycles. The Bertz CT molecular complexity index is 843. The van der Waals surface area contributed by atoms with E-state index in [4.69, 9.17) is 9.47 Å². The van der Waals surface area contributed by atoms with Crippen LogP contribution in [0.3, 0.4) is 0 Å². The number of aromatic carboxylic acids is 1. The number of nitrogens with zero attached hydrogens (tertiary/aromatic N) is 1. The van der Waals surface area contributed by atoms with Gasteiger partial charge in [0.1, 0.15) is 0 Å². The third-order valence-electron chi connectivity index (χ3n) is 3.31. The lowest BCUT2D eigenvalue weighted by Gasteiger charge is -2.11. The van der Waals surface area contributed by atoms with Crippen molar-refractivity contribution < 1.29 is 19.4 Å². The molecular weight excluding hydrogens is 302 g/mol. The third kappa shape index (κ3) is 2.37. The molecular formula is C16H13NO4S. The summed E-state index contributed by atoms with van der Waals surface area (Å²) in [5.41, 5.74) is 1.29. The summed E-state index contributed by atoms with van der Waals surface area (Å²) < 4.78 is 10.5. The van der Waals surface area contributed by atoms with Crippen LogP contribution in [0.2, 0.25) is 0 Å². The van der Waals surface area contributed by atoms with Gasteiger partial charge in [-0.05, 0) is 23.6 Å². The molecule has 0 aliphatic rings. The minimum atomic E-state index is -1.01. The van der Waals surface area contributed by atoms with Gasteiger partial charge in [-0.15, -0.1) is 11.3 Å². The van der Waals surface area contributed by atoms with Crippen molar-refractivity contribution in [1.29, 1.82) is 0 Å². The van der Waals surface area contributed by atoms with E-state index in [0.717, 1.165) is 4.88 Å². The van der Waals surface area contributed by atoms with E-state index < -0.39 is 5.97 Å². The maximum atomic E-state index is 11.5. The van der Waals surface area contributed by atoms with E-state index in [9.17, 15) is 9.90 Å². The largest absolute Gasteiger partial charge is 0.493 e. The summed E-state index contributed by atoms with van der Waals surface area (Å²) >= 11 is 1.45. The van der Waals surface area contributed by atoms with Gasteiger partial charge < -0.3 is 14.6 Å². The summed E-state index contributed by atoms with van der Waals surface area (Å²) in [6, 6.07) is 8.81. The Balaban J connectivity index is 2.31. The molecule has 6 heteroatoms. The van der Waals surface area contributed by atoms with Crippen molar-refractivity contribution in [3.8, 4) is 22.1 Å². The Kier molecular flexibility index (Phi) is 3.68. The maximum absolute atomic E-state index is 11.5. The van der Waals surface area contributed by atoms with Crippen LogP contribution in [-0.4, -0.2) is 30.3 Å². The van der Waals surface area contributed by atoms with Gasteiger partial charge >= 0.3 is 5.97 Å². The van der Waals surface area contributed by atoms with Gasteiger partial charge in [-0.25, -0.2) is 9.78 Å². The van der Waals surface area contributed by atoms with Crippen LogP contribution in [-0.2, 0) is 0 Å². The van der Waals surface area contributed by atoms with Crippen LogP contribution in [0.4, 0.5) is 0 Å². The molecule has 112 valence electrons. The van der Waals surface area contributed by atoms with Crippen molar-refractivity contribution in [3.63, 3.8) is 0 Å². The van der Waals surface area contributed by atoms with E-state index in [-0.39, 0.29) is 5.56 Å². The van der Waals surface area contributed by atoms with Crippen LogP contribution >= 0.6 is 11.3 Å². The van der Waals surface area contributed by atoms with Crippen LogP contribution in [0.5, 0.6) is 11.5 Å². The Morgan fingerprint density at radius 1 is 1.18 bits per heavy atom. The lowest BCUT2D eigenvalue weighted by molar-refractivity contribution is 0.0697. The smallest absolute Gasteiger partial charge is 0.337 e. The number of pyridine rings is 1. The highest BCUT2D eigenvalue weighted by Gasteiger charge is 2.17. The number of benzene rings is 1. The average molecular weight is 315 g/mol. The fourth-order valence-electron chi connectivity index (χ4n) is 2.27. The van der Waals surface area contributed by atoms with Gasteiger partial charge in [-0.1, -0.05) is 6.07 Å². The Morgan fingerprint density at radius 3 is 2.50 bits per heavy atom. The number of carboxylic acid groups (broad SMARTS) is 1. The quantitative estimate of drug-likeness (QED) is 0.795. The van der Waals surface area contributed by atoms with E-state index in [1.165, 1.54) is 18.4 Å². The highest BCUT2D eigenvalue weighted by molar-refractivity contribution is 7.13. The van der Waals surface area contributed by atoms with E-state index in [0.29, 0.717) is 28.1 Å². The first-order valence-corrected chi connectivity index (χ1v) is 7.36. The lowest BCUT2D eigenvalue weighted by Crippen LogP contribution is -2.02. The summed E-state index contributed by atoms with van der Waals surface area (Å²) in [6.45, 7) is 0. The van der Waals surface area contributed by atoms with Gasteiger partial charge in [-0.2, -0.15) is 0 Å². The second-order valence-corrected chi connectivity index (χ2v) is 5.51. The number of methoxy groups -OCH3 is 2. The first-order valence-electron chi connectivity index (χ1n) is 6.48. The molecule has 0 radical (unpaired) electrons. The van der Waals surface area contributed by atoms with Crippen LogP contribution in [0, 0.1) is 0 Å². The zero-order valence-electron chi connectivity index (χ0n) is 12.0. The molecule has 3 aromatic rings. The molecule has 0 bridgehead atoms. The number of carbonyl (C=O) groups is 1. The number of fused-ring (bicyclic) bond motifs is 1. The van der Waals surface area contributed by atoms with Crippen molar-refractivity contribution >= 4 is 28.2 Å². The molecule has 0 fully saturated rings. The highest BCUT2D eigenvalue weighted by Crippen LogP contribution is 2.35. The van der Waals surface area contributed by atoms with Gasteiger partial charge in [0.05, 0.1) is 35.9 Å². The first kappa shape index (κ1) is 14.3.